The van der Waals surface area contributed by atoms with Crippen molar-refractivity contribution in [1.82, 2.24) is 14.5 Å². The van der Waals surface area contributed by atoms with Gasteiger partial charge in [0, 0.05) is 63.6 Å². The van der Waals surface area contributed by atoms with Gasteiger partial charge in [-0.15, -0.1) is 0 Å². The number of morpholine rings is 1. The van der Waals surface area contributed by atoms with E-state index in [-0.39, 0.29) is 11.5 Å². The van der Waals surface area contributed by atoms with Crippen LogP contribution in [0.1, 0.15) is 31.2 Å². The summed E-state index contributed by atoms with van der Waals surface area (Å²) in [6.07, 6.45) is -1.82. The fourth-order valence-corrected chi connectivity index (χ4v) is 5.72. The number of carbonyl (C=O) groups is 1. The van der Waals surface area contributed by atoms with Gasteiger partial charge in [0.05, 0.1) is 29.7 Å². The van der Waals surface area contributed by atoms with E-state index in [0.29, 0.717) is 86.6 Å². The van der Waals surface area contributed by atoms with Crippen molar-refractivity contribution in [2.24, 2.45) is 0 Å². The molecule has 12 heteroatoms. The summed E-state index contributed by atoms with van der Waals surface area (Å²) in [6, 6.07) is 11.1. The van der Waals surface area contributed by atoms with Crippen molar-refractivity contribution < 1.29 is 22.7 Å². The Morgan fingerprint density at radius 2 is 1.61 bits per heavy atom. The number of amides is 1. The minimum absolute atomic E-state index is 0.0458. The van der Waals surface area contributed by atoms with Crippen molar-refractivity contribution in [3.8, 4) is 0 Å². The Hall–Kier alpha value is -3.38. The first-order valence-electron chi connectivity index (χ1n) is 14.0. The molecule has 0 radical (unpaired) electrons. The topological polar surface area (TPSA) is 73.8 Å². The molecule has 2 aromatic carbocycles. The maximum atomic E-state index is 13.3. The number of nitrogens with one attached hydrogen (secondary N) is 1. The van der Waals surface area contributed by atoms with Gasteiger partial charge in [0.2, 0.25) is 5.91 Å². The number of halogens is 3. The van der Waals surface area contributed by atoms with Gasteiger partial charge in [-0.3, -0.25) is 14.2 Å². The summed E-state index contributed by atoms with van der Waals surface area (Å²) in [6.45, 7) is 5.30. The van der Waals surface area contributed by atoms with Gasteiger partial charge in [0.1, 0.15) is 0 Å². The van der Waals surface area contributed by atoms with Crippen LogP contribution in [0.3, 0.4) is 0 Å². The van der Waals surface area contributed by atoms with Crippen LogP contribution in [-0.4, -0.2) is 72.8 Å². The smallest absolute Gasteiger partial charge is 0.378 e. The third kappa shape index (κ3) is 6.92. The summed E-state index contributed by atoms with van der Waals surface area (Å²) in [5.74, 6) is 0.0458. The Morgan fingerprint density at radius 3 is 2.34 bits per heavy atom. The van der Waals surface area contributed by atoms with E-state index in [4.69, 9.17) is 17.0 Å². The molecule has 0 saturated carbocycles. The molecule has 1 N–H and O–H groups in total. The fourth-order valence-electron chi connectivity index (χ4n) is 5.43. The number of hydrogen-bond donors (Lipinski definition) is 1. The number of carbonyl (C=O) groups excluding carboxylic acids is 1. The minimum atomic E-state index is -4.38. The Balaban J connectivity index is 1.09. The highest BCUT2D eigenvalue weighted by Crippen LogP contribution is 2.32. The number of benzene rings is 2. The van der Waals surface area contributed by atoms with Crippen molar-refractivity contribution >= 4 is 40.4 Å². The number of hydrogen-bond acceptors (Lipinski definition) is 6. The normalized spacial score (nSPS) is 16.4. The SMILES string of the molecule is O=C(CCCCCn1c(=S)[nH]c2ccc(N3CCOCC3)cc2c1=O)N1CCN(c2cccc(C(F)(F)F)c2)CC1. The monoisotopic (exact) mass is 589 g/mol. The van der Waals surface area contributed by atoms with Gasteiger partial charge in [-0.05, 0) is 61.5 Å². The summed E-state index contributed by atoms with van der Waals surface area (Å²) in [4.78, 5) is 35.1. The molecule has 2 aliphatic heterocycles. The number of aromatic amines is 1. The van der Waals surface area contributed by atoms with Crippen LogP contribution in [0.15, 0.2) is 47.3 Å². The van der Waals surface area contributed by atoms with Crippen LogP contribution < -0.4 is 15.4 Å². The van der Waals surface area contributed by atoms with E-state index in [0.717, 1.165) is 37.3 Å². The van der Waals surface area contributed by atoms with E-state index in [9.17, 15) is 22.8 Å². The van der Waals surface area contributed by atoms with Crippen molar-refractivity contribution in [3.63, 3.8) is 0 Å². The number of rotatable bonds is 8. The standard InChI is InChI=1S/C29H34F3N5O3S/c30-29(31,32)21-5-4-6-22(19-21)34-11-13-36(14-12-34)26(38)7-2-1-3-10-37-27(39)24-20-23(35-15-17-40-18-16-35)8-9-25(24)33-28(37)41/h4-6,8-9,19-20H,1-3,7,10-18H2,(H,33,41). The molecular formula is C29H34F3N5O3S. The molecule has 3 heterocycles. The first-order chi connectivity index (χ1) is 19.7. The van der Waals surface area contributed by atoms with E-state index in [2.05, 4.69) is 9.88 Å². The van der Waals surface area contributed by atoms with Crippen molar-refractivity contribution in [1.29, 1.82) is 0 Å². The molecule has 2 saturated heterocycles. The molecule has 8 nitrogen and oxygen atoms in total. The average Bonchev–Trinajstić information content (AvgIpc) is 2.98. The van der Waals surface area contributed by atoms with E-state index in [1.807, 2.05) is 23.1 Å². The lowest BCUT2D eigenvalue weighted by molar-refractivity contribution is -0.137. The molecular weight excluding hydrogens is 555 g/mol. The molecule has 41 heavy (non-hydrogen) atoms. The first-order valence-corrected chi connectivity index (χ1v) is 14.4. The van der Waals surface area contributed by atoms with Crippen molar-refractivity contribution in [2.45, 2.75) is 38.4 Å². The van der Waals surface area contributed by atoms with E-state index < -0.39 is 11.7 Å². The number of anilines is 2. The van der Waals surface area contributed by atoms with Crippen LogP contribution in [0.4, 0.5) is 24.5 Å². The molecule has 0 atom stereocenters. The molecule has 3 aromatic rings. The molecule has 2 aliphatic rings. The number of piperazine rings is 1. The summed E-state index contributed by atoms with van der Waals surface area (Å²) in [5.41, 5.74) is 1.44. The van der Waals surface area contributed by atoms with Crippen LogP contribution in [0.25, 0.3) is 10.9 Å². The van der Waals surface area contributed by atoms with Gasteiger partial charge in [0.25, 0.3) is 5.56 Å². The number of fused-ring (bicyclic) bond motifs is 1. The first kappa shape index (κ1) is 29.1. The minimum Gasteiger partial charge on any atom is -0.378 e. The molecule has 1 amide bonds. The second-order valence-electron chi connectivity index (χ2n) is 10.4. The largest absolute Gasteiger partial charge is 0.416 e. The fraction of sp³-hybridized carbons (Fsp3) is 0.483. The lowest BCUT2D eigenvalue weighted by Gasteiger charge is -2.36. The summed E-state index contributed by atoms with van der Waals surface area (Å²) in [5, 5.41) is 0.599. The highest BCUT2D eigenvalue weighted by atomic mass is 32.1. The Morgan fingerprint density at radius 1 is 0.902 bits per heavy atom. The maximum absolute atomic E-state index is 13.3. The zero-order chi connectivity index (χ0) is 29.0. The van der Waals surface area contributed by atoms with Crippen molar-refractivity contribution in [2.75, 3.05) is 62.3 Å². The molecule has 0 bridgehead atoms. The number of H-pyrrole nitrogens is 1. The average molecular weight is 590 g/mol. The lowest BCUT2D eigenvalue weighted by Crippen LogP contribution is -2.48. The highest BCUT2D eigenvalue weighted by molar-refractivity contribution is 7.71. The number of ether oxygens (including phenoxy) is 1. The molecule has 0 aliphatic carbocycles. The van der Waals surface area contributed by atoms with E-state index >= 15 is 0 Å². The number of alkyl halides is 3. The predicted octanol–water partition coefficient (Wildman–Crippen LogP) is 4.82. The van der Waals surface area contributed by atoms with Crippen molar-refractivity contribution in [3.05, 3.63) is 63.2 Å². The predicted molar refractivity (Wildman–Crippen MR) is 155 cm³/mol. The van der Waals surface area contributed by atoms with E-state index in [1.54, 1.807) is 15.5 Å². The Bertz CT molecular complexity index is 1490. The third-order valence-corrected chi connectivity index (χ3v) is 8.11. The molecule has 2 fully saturated rings. The maximum Gasteiger partial charge on any atom is 0.416 e. The van der Waals surface area contributed by atoms with Crippen LogP contribution in [-0.2, 0) is 22.3 Å². The zero-order valence-corrected chi connectivity index (χ0v) is 23.6. The van der Waals surface area contributed by atoms with Gasteiger partial charge in [0.15, 0.2) is 4.77 Å². The molecule has 1 aromatic heterocycles. The Kier molecular flexibility index (Phi) is 8.98. The molecule has 0 unspecified atom stereocenters. The number of nitrogens with zero attached hydrogens (tertiary/aromatic N) is 4. The quantitative estimate of drug-likeness (QED) is 0.300. The van der Waals surface area contributed by atoms with Crippen LogP contribution in [0, 0.1) is 4.77 Å². The van der Waals surface area contributed by atoms with Crippen LogP contribution in [0.5, 0.6) is 0 Å². The summed E-state index contributed by atoms with van der Waals surface area (Å²) in [7, 11) is 0. The second kappa shape index (κ2) is 12.6. The van der Waals surface area contributed by atoms with Gasteiger partial charge in [-0.25, -0.2) is 0 Å². The van der Waals surface area contributed by atoms with Gasteiger partial charge in [-0.1, -0.05) is 12.5 Å². The van der Waals surface area contributed by atoms with Gasteiger partial charge >= 0.3 is 6.18 Å². The van der Waals surface area contributed by atoms with Crippen LogP contribution >= 0.6 is 12.2 Å². The lowest BCUT2D eigenvalue weighted by atomic mass is 10.1. The van der Waals surface area contributed by atoms with Gasteiger partial charge in [-0.2, -0.15) is 13.2 Å². The van der Waals surface area contributed by atoms with E-state index in [1.165, 1.54) is 6.07 Å². The summed E-state index contributed by atoms with van der Waals surface area (Å²) >= 11 is 5.46. The zero-order valence-electron chi connectivity index (χ0n) is 22.8. The van der Waals surface area contributed by atoms with Crippen LogP contribution in [0.2, 0.25) is 0 Å². The third-order valence-electron chi connectivity index (χ3n) is 7.79. The molecule has 5 rings (SSSR count). The number of aromatic nitrogens is 2. The Labute approximate surface area is 241 Å². The summed E-state index contributed by atoms with van der Waals surface area (Å²) < 4.78 is 46.6. The molecule has 220 valence electrons. The van der Waals surface area contributed by atoms with Gasteiger partial charge < -0.3 is 24.4 Å². The highest BCUT2D eigenvalue weighted by Gasteiger charge is 2.31. The second-order valence-corrected chi connectivity index (χ2v) is 10.8. The number of unbranched alkanes of at least 4 members (excludes halogenated alkanes) is 2. The molecule has 0 spiro atoms.